The van der Waals surface area contributed by atoms with E-state index < -0.39 is 0 Å². The molecule has 10 heavy (non-hydrogen) atoms. The molecule has 0 aliphatic heterocycles. The van der Waals surface area contributed by atoms with Crippen LogP contribution in [0.3, 0.4) is 0 Å². The summed E-state index contributed by atoms with van der Waals surface area (Å²) in [6, 6.07) is 3.95. The van der Waals surface area contributed by atoms with Crippen LogP contribution in [0.25, 0.3) is 0 Å². The predicted molar refractivity (Wildman–Crippen MR) is 43.7 cm³/mol. The number of aromatic nitrogens is 1. The van der Waals surface area contributed by atoms with Gasteiger partial charge in [-0.25, -0.2) is 0 Å². The smallest absolute Gasteiger partial charge is 0.0300 e. The molecule has 0 fully saturated rings. The molecule has 0 radical (unpaired) electrons. The van der Waals surface area contributed by atoms with Crippen molar-refractivity contribution in [3.8, 4) is 0 Å². The lowest BCUT2D eigenvalue weighted by molar-refractivity contribution is 0.959. The van der Waals surface area contributed by atoms with E-state index in [0.29, 0.717) is 6.54 Å². The molecule has 0 aliphatic carbocycles. The highest BCUT2D eigenvalue weighted by Crippen LogP contribution is 1.93. The summed E-state index contributed by atoms with van der Waals surface area (Å²) in [5.74, 6) is 0. The quantitative estimate of drug-likeness (QED) is 0.667. The number of hydrogen-bond donors (Lipinski definition) is 1. The summed E-state index contributed by atoms with van der Waals surface area (Å²) in [5, 5.41) is 0. The molecule has 0 amide bonds. The van der Waals surface area contributed by atoms with E-state index in [0.717, 1.165) is 6.42 Å². The lowest BCUT2D eigenvalue weighted by Crippen LogP contribution is -2.02. The monoisotopic (exact) mass is 138 g/mol. The Kier molecular flexibility index (Phi) is 4.50. The first kappa shape index (κ1) is 9.11. The molecule has 2 N–H and O–H groups in total. The van der Waals surface area contributed by atoms with Crippen LogP contribution in [0.1, 0.15) is 13.0 Å². The Morgan fingerprint density at radius 3 is 2.80 bits per heavy atom. The Morgan fingerprint density at radius 1 is 1.50 bits per heavy atom. The van der Waals surface area contributed by atoms with Crippen LogP contribution in [0.5, 0.6) is 0 Å². The summed E-state index contributed by atoms with van der Waals surface area (Å²) in [4.78, 5) is 3.95. The maximum absolute atomic E-state index is 5.33. The van der Waals surface area contributed by atoms with Crippen molar-refractivity contribution in [3.05, 3.63) is 30.1 Å². The average molecular weight is 138 g/mol. The van der Waals surface area contributed by atoms with E-state index in [9.17, 15) is 0 Å². The Balaban J connectivity index is 0.000000810. The summed E-state index contributed by atoms with van der Waals surface area (Å²) in [6.07, 6.45) is 4.53. The molecule has 0 saturated heterocycles. The predicted octanol–water partition coefficient (Wildman–Crippen LogP) is 1.22. The molecule has 0 saturated carbocycles. The van der Waals surface area contributed by atoms with Crippen LogP contribution < -0.4 is 5.73 Å². The standard InChI is InChI=1S/C7H10N2.CH4/c8-4-3-7-2-1-5-9-6-7;/h1-2,5-6H,3-4,8H2;1H4. The van der Waals surface area contributed by atoms with Crippen LogP contribution in [-0.4, -0.2) is 11.5 Å². The van der Waals surface area contributed by atoms with E-state index in [1.165, 1.54) is 5.56 Å². The maximum atomic E-state index is 5.33. The number of pyridine rings is 1. The molecule has 1 aromatic rings. The largest absolute Gasteiger partial charge is 0.330 e. The summed E-state index contributed by atoms with van der Waals surface area (Å²) in [7, 11) is 0. The molecule has 0 spiro atoms. The van der Waals surface area contributed by atoms with Crippen molar-refractivity contribution in [2.24, 2.45) is 5.73 Å². The van der Waals surface area contributed by atoms with Gasteiger partial charge in [0.05, 0.1) is 0 Å². The Hall–Kier alpha value is -0.890. The molecule has 56 valence electrons. The second kappa shape index (κ2) is 4.94. The van der Waals surface area contributed by atoms with Gasteiger partial charge >= 0.3 is 0 Å². The zero-order chi connectivity index (χ0) is 6.53. The van der Waals surface area contributed by atoms with Gasteiger partial charge in [-0.3, -0.25) is 4.98 Å². The third-order valence-electron chi connectivity index (χ3n) is 1.16. The lowest BCUT2D eigenvalue weighted by atomic mass is 10.2. The van der Waals surface area contributed by atoms with Crippen LogP contribution in [0.4, 0.5) is 0 Å². The number of rotatable bonds is 2. The van der Waals surface area contributed by atoms with Gasteiger partial charge in [-0.1, -0.05) is 13.5 Å². The first-order valence-corrected chi connectivity index (χ1v) is 3.02. The first-order chi connectivity index (χ1) is 4.43. The summed E-state index contributed by atoms with van der Waals surface area (Å²) >= 11 is 0. The van der Waals surface area contributed by atoms with Gasteiger partial charge in [-0.15, -0.1) is 0 Å². The van der Waals surface area contributed by atoms with Gasteiger partial charge in [0.15, 0.2) is 0 Å². The molecule has 1 rings (SSSR count). The topological polar surface area (TPSA) is 38.9 Å². The van der Waals surface area contributed by atoms with Crippen molar-refractivity contribution in [1.29, 1.82) is 0 Å². The molecule has 1 aromatic heterocycles. The van der Waals surface area contributed by atoms with E-state index in [1.54, 1.807) is 6.20 Å². The van der Waals surface area contributed by atoms with Crippen molar-refractivity contribution >= 4 is 0 Å². The van der Waals surface area contributed by atoms with Gasteiger partial charge in [-0.05, 0) is 24.6 Å². The van der Waals surface area contributed by atoms with Crippen LogP contribution in [0.15, 0.2) is 24.5 Å². The molecule has 1 heterocycles. The van der Waals surface area contributed by atoms with Gasteiger partial charge in [0.2, 0.25) is 0 Å². The van der Waals surface area contributed by atoms with Crippen LogP contribution in [-0.2, 0) is 6.42 Å². The summed E-state index contributed by atoms with van der Waals surface area (Å²) < 4.78 is 0. The third-order valence-corrected chi connectivity index (χ3v) is 1.16. The maximum Gasteiger partial charge on any atom is 0.0300 e. The number of nitrogens with two attached hydrogens (primary N) is 1. The van der Waals surface area contributed by atoms with Crippen molar-refractivity contribution in [2.75, 3.05) is 6.54 Å². The van der Waals surface area contributed by atoms with Crippen molar-refractivity contribution in [3.63, 3.8) is 0 Å². The molecule has 2 nitrogen and oxygen atoms in total. The Bertz CT molecular complexity index is 160. The fourth-order valence-electron chi connectivity index (χ4n) is 0.713. The van der Waals surface area contributed by atoms with Crippen LogP contribution in [0, 0.1) is 0 Å². The minimum absolute atomic E-state index is 0. The van der Waals surface area contributed by atoms with E-state index in [4.69, 9.17) is 5.73 Å². The highest BCUT2D eigenvalue weighted by Gasteiger charge is 1.85. The highest BCUT2D eigenvalue weighted by atomic mass is 14.6. The zero-order valence-electron chi connectivity index (χ0n) is 5.25. The zero-order valence-corrected chi connectivity index (χ0v) is 5.25. The van der Waals surface area contributed by atoms with Crippen molar-refractivity contribution < 1.29 is 0 Å². The Morgan fingerprint density at radius 2 is 2.30 bits per heavy atom. The highest BCUT2D eigenvalue weighted by molar-refractivity contribution is 5.08. The second-order valence-electron chi connectivity index (χ2n) is 1.90. The molecule has 0 atom stereocenters. The summed E-state index contributed by atoms with van der Waals surface area (Å²) in [6.45, 7) is 0.700. The van der Waals surface area contributed by atoms with Gasteiger partial charge in [0.25, 0.3) is 0 Å². The van der Waals surface area contributed by atoms with Crippen molar-refractivity contribution in [1.82, 2.24) is 4.98 Å². The molecular formula is C8H14N2. The third kappa shape index (κ3) is 2.60. The van der Waals surface area contributed by atoms with E-state index in [1.807, 2.05) is 18.3 Å². The van der Waals surface area contributed by atoms with Crippen molar-refractivity contribution in [2.45, 2.75) is 13.8 Å². The van der Waals surface area contributed by atoms with Crippen LogP contribution in [0.2, 0.25) is 0 Å². The van der Waals surface area contributed by atoms with Gasteiger partial charge in [0.1, 0.15) is 0 Å². The fraction of sp³-hybridized carbons (Fsp3) is 0.375. The molecular weight excluding hydrogens is 124 g/mol. The average Bonchev–Trinajstić information content (AvgIpc) is 1.91. The molecule has 0 unspecified atom stereocenters. The SMILES string of the molecule is C.NCCc1cccnc1. The second-order valence-corrected chi connectivity index (χ2v) is 1.90. The van der Waals surface area contributed by atoms with Crippen LogP contribution >= 0.6 is 0 Å². The van der Waals surface area contributed by atoms with Gasteiger partial charge in [0, 0.05) is 12.4 Å². The number of nitrogens with zero attached hydrogens (tertiary/aromatic N) is 1. The molecule has 0 aliphatic rings. The molecule has 2 heteroatoms. The number of hydrogen-bond acceptors (Lipinski definition) is 2. The normalized spacial score (nSPS) is 8.50. The first-order valence-electron chi connectivity index (χ1n) is 3.02. The Labute approximate surface area is 62.1 Å². The van der Waals surface area contributed by atoms with E-state index >= 15 is 0 Å². The van der Waals surface area contributed by atoms with Gasteiger partial charge < -0.3 is 5.73 Å². The fourth-order valence-corrected chi connectivity index (χ4v) is 0.713. The lowest BCUT2D eigenvalue weighted by Gasteiger charge is -1.93. The minimum atomic E-state index is 0. The molecule has 0 aromatic carbocycles. The van der Waals surface area contributed by atoms with E-state index in [2.05, 4.69) is 4.98 Å². The summed E-state index contributed by atoms with van der Waals surface area (Å²) in [5.41, 5.74) is 6.54. The van der Waals surface area contributed by atoms with E-state index in [-0.39, 0.29) is 7.43 Å². The molecule has 0 bridgehead atoms. The van der Waals surface area contributed by atoms with Gasteiger partial charge in [-0.2, -0.15) is 0 Å². The minimum Gasteiger partial charge on any atom is -0.330 e.